The number of piperazine rings is 1. The van der Waals surface area contributed by atoms with Crippen molar-refractivity contribution < 1.29 is 32.6 Å². The lowest BCUT2D eigenvalue weighted by Gasteiger charge is -2.45. The molecule has 38 heavy (non-hydrogen) atoms. The van der Waals surface area contributed by atoms with Gasteiger partial charge in [-0.15, -0.1) is 0 Å². The molecule has 0 radical (unpaired) electrons. The minimum absolute atomic E-state index is 0.0781. The Bertz CT molecular complexity index is 1170. The predicted molar refractivity (Wildman–Crippen MR) is 137 cm³/mol. The molecule has 2 unspecified atom stereocenters. The highest BCUT2D eigenvalue weighted by atomic mass is 35.5. The maximum atomic E-state index is 14.0. The van der Waals surface area contributed by atoms with Gasteiger partial charge in [-0.3, -0.25) is 9.69 Å². The number of amides is 2. The van der Waals surface area contributed by atoms with Gasteiger partial charge in [-0.05, 0) is 68.7 Å². The molecule has 0 spiro atoms. The third-order valence-electron chi connectivity index (χ3n) is 8.77. The van der Waals surface area contributed by atoms with Crippen molar-refractivity contribution in [3.63, 3.8) is 0 Å². The molecule has 4 atom stereocenters. The number of benzene rings is 1. The zero-order chi connectivity index (χ0) is 26.7. The Morgan fingerprint density at radius 1 is 1.05 bits per heavy atom. The number of hydrogen-bond acceptors (Lipinski definition) is 7. The Balaban J connectivity index is 1.23. The summed E-state index contributed by atoms with van der Waals surface area (Å²) in [6, 6.07) is 4.99. The number of halogens is 1. The number of rotatable bonds is 7. The van der Waals surface area contributed by atoms with Crippen molar-refractivity contribution in [2.75, 3.05) is 32.9 Å². The van der Waals surface area contributed by atoms with E-state index in [-0.39, 0.29) is 54.5 Å². The first-order chi connectivity index (χ1) is 18.2. The van der Waals surface area contributed by atoms with Crippen LogP contribution in [0.15, 0.2) is 29.2 Å². The van der Waals surface area contributed by atoms with E-state index in [2.05, 4.69) is 0 Å². The molecule has 2 bridgehead atoms. The van der Waals surface area contributed by atoms with E-state index in [9.17, 15) is 18.0 Å². The first kappa shape index (κ1) is 26.3. The van der Waals surface area contributed by atoms with E-state index in [1.807, 2.05) is 0 Å². The van der Waals surface area contributed by atoms with Crippen LogP contribution in [0.1, 0.15) is 44.9 Å². The van der Waals surface area contributed by atoms with Gasteiger partial charge in [0.15, 0.2) is 0 Å². The Morgan fingerprint density at radius 2 is 1.71 bits per heavy atom. The number of carbonyl (C=O) groups is 2. The van der Waals surface area contributed by atoms with E-state index in [0.29, 0.717) is 37.6 Å². The fraction of sp³-hybridized carbons (Fsp3) is 0.692. The van der Waals surface area contributed by atoms with Crippen molar-refractivity contribution >= 4 is 33.6 Å². The van der Waals surface area contributed by atoms with Gasteiger partial charge < -0.3 is 19.5 Å². The zero-order valence-electron chi connectivity index (χ0n) is 21.2. The summed E-state index contributed by atoms with van der Waals surface area (Å²) in [6.45, 7) is 1.14. The summed E-state index contributed by atoms with van der Waals surface area (Å²) in [5.74, 6) is 0.122. The van der Waals surface area contributed by atoms with E-state index in [0.717, 1.165) is 25.7 Å². The van der Waals surface area contributed by atoms with Gasteiger partial charge in [-0.1, -0.05) is 11.6 Å². The molecule has 3 aliphatic heterocycles. The van der Waals surface area contributed by atoms with Crippen LogP contribution in [0, 0.1) is 5.92 Å². The molecule has 10 nitrogen and oxygen atoms in total. The highest BCUT2D eigenvalue weighted by Crippen LogP contribution is 2.51. The van der Waals surface area contributed by atoms with E-state index < -0.39 is 27.8 Å². The monoisotopic (exact) mass is 567 g/mol. The fourth-order valence-corrected chi connectivity index (χ4v) is 8.50. The maximum absolute atomic E-state index is 14.0. The molecule has 208 valence electrons. The molecule has 2 amide bonds. The highest BCUT2D eigenvalue weighted by Gasteiger charge is 2.62. The minimum Gasteiger partial charge on any atom is -0.441 e. The summed E-state index contributed by atoms with van der Waals surface area (Å²) in [5.41, 5.74) is -0.937. The van der Waals surface area contributed by atoms with Crippen molar-refractivity contribution in [1.82, 2.24) is 14.1 Å². The second-order valence-corrected chi connectivity index (χ2v) is 13.5. The molecule has 1 aromatic rings. The number of aliphatic hydroxyl groups excluding tert-OH is 1. The van der Waals surface area contributed by atoms with Crippen molar-refractivity contribution in [3.05, 3.63) is 29.3 Å². The number of likely N-dealkylation sites (tertiary alicyclic amines) is 1. The van der Waals surface area contributed by atoms with Crippen molar-refractivity contribution in [2.45, 2.75) is 79.6 Å². The zero-order valence-corrected chi connectivity index (χ0v) is 22.8. The molecule has 3 saturated heterocycles. The standard InChI is InChI=1S/C26H34ClN3O7S/c27-18-3-7-21(8-4-18)38(34,35)30-22(17-1-2-17)15-36-16-23(30)26(10-11-26)37-25(33)29-19-5-6-20(29)14-28(13-19)24(32)9-12-31/h3-4,7-8,17,19-20,22-23,31H,1-2,5-6,9-16H2/t19?,20?,22-,23+/m0/s1. The van der Waals surface area contributed by atoms with Gasteiger partial charge in [0.25, 0.3) is 0 Å². The van der Waals surface area contributed by atoms with Crippen LogP contribution in [0.5, 0.6) is 0 Å². The van der Waals surface area contributed by atoms with Crippen LogP contribution in [-0.2, 0) is 24.3 Å². The first-order valence-corrected chi connectivity index (χ1v) is 15.3. The molecular formula is C26H34ClN3O7S. The maximum Gasteiger partial charge on any atom is 0.411 e. The summed E-state index contributed by atoms with van der Waals surface area (Å²) >= 11 is 6.03. The van der Waals surface area contributed by atoms with E-state index in [4.69, 9.17) is 26.2 Å². The summed E-state index contributed by atoms with van der Waals surface area (Å²) in [5, 5.41) is 9.60. The molecule has 2 aliphatic carbocycles. The Morgan fingerprint density at radius 3 is 2.29 bits per heavy atom. The topological polar surface area (TPSA) is 117 Å². The second-order valence-electron chi connectivity index (χ2n) is 11.2. The number of sulfonamides is 1. The minimum atomic E-state index is -3.89. The average Bonchev–Trinajstić information content (AvgIpc) is 3.83. The number of carbonyl (C=O) groups excluding carboxylic acids is 2. The third kappa shape index (κ3) is 4.70. The lowest BCUT2D eigenvalue weighted by Crippen LogP contribution is -2.62. The highest BCUT2D eigenvalue weighted by molar-refractivity contribution is 7.89. The largest absolute Gasteiger partial charge is 0.441 e. The Labute approximate surface area is 227 Å². The van der Waals surface area contributed by atoms with Crippen LogP contribution in [0.4, 0.5) is 4.79 Å². The molecule has 1 N–H and O–H groups in total. The second kappa shape index (κ2) is 9.92. The van der Waals surface area contributed by atoms with Gasteiger partial charge in [-0.2, -0.15) is 4.31 Å². The van der Waals surface area contributed by atoms with Gasteiger partial charge in [0, 0.05) is 24.5 Å². The molecule has 6 rings (SSSR count). The Hall–Kier alpha value is -1.92. The predicted octanol–water partition coefficient (Wildman–Crippen LogP) is 2.23. The van der Waals surface area contributed by atoms with Gasteiger partial charge in [0.1, 0.15) is 5.60 Å². The quantitative estimate of drug-likeness (QED) is 0.537. The van der Waals surface area contributed by atoms with E-state index >= 15 is 0 Å². The summed E-state index contributed by atoms with van der Waals surface area (Å²) in [7, 11) is -3.89. The number of hydrogen-bond donors (Lipinski definition) is 1. The summed E-state index contributed by atoms with van der Waals surface area (Å²) in [6.07, 6.45) is 4.23. The average molecular weight is 568 g/mol. The van der Waals surface area contributed by atoms with Crippen LogP contribution in [0.3, 0.4) is 0 Å². The molecule has 0 aromatic heterocycles. The van der Waals surface area contributed by atoms with Gasteiger partial charge in [-0.25, -0.2) is 13.2 Å². The SMILES string of the molecule is O=C(CCO)N1CC2CCC(C1)N2C(=O)OC1([C@H]2COC[C@@H](C3CC3)N2S(=O)(=O)c2ccc(Cl)cc2)CC1. The lowest BCUT2D eigenvalue weighted by molar-refractivity contribution is -0.135. The van der Waals surface area contributed by atoms with Gasteiger partial charge in [0.2, 0.25) is 15.9 Å². The number of fused-ring (bicyclic) bond motifs is 2. The van der Waals surface area contributed by atoms with Gasteiger partial charge in [0.05, 0.1) is 48.9 Å². The molecule has 5 aliphatic rings. The van der Waals surface area contributed by atoms with Crippen LogP contribution < -0.4 is 0 Å². The molecule has 5 fully saturated rings. The summed E-state index contributed by atoms with van der Waals surface area (Å²) < 4.78 is 41.8. The van der Waals surface area contributed by atoms with Crippen LogP contribution in [0.25, 0.3) is 0 Å². The van der Waals surface area contributed by atoms with E-state index in [1.54, 1.807) is 26.2 Å². The molecule has 3 heterocycles. The van der Waals surface area contributed by atoms with Crippen LogP contribution in [0.2, 0.25) is 5.02 Å². The van der Waals surface area contributed by atoms with Crippen LogP contribution >= 0.6 is 11.6 Å². The molecular weight excluding hydrogens is 534 g/mol. The lowest BCUT2D eigenvalue weighted by atomic mass is 10.0. The Kier molecular flexibility index (Phi) is 6.87. The van der Waals surface area contributed by atoms with Crippen molar-refractivity contribution in [3.8, 4) is 0 Å². The van der Waals surface area contributed by atoms with Gasteiger partial charge >= 0.3 is 6.09 Å². The molecule has 2 saturated carbocycles. The van der Waals surface area contributed by atoms with Crippen molar-refractivity contribution in [1.29, 1.82) is 0 Å². The van der Waals surface area contributed by atoms with Crippen LogP contribution in [-0.4, -0.2) is 102 Å². The first-order valence-electron chi connectivity index (χ1n) is 13.5. The third-order valence-corrected chi connectivity index (χ3v) is 11.0. The smallest absolute Gasteiger partial charge is 0.411 e. The fourth-order valence-electron chi connectivity index (χ4n) is 6.47. The summed E-state index contributed by atoms with van der Waals surface area (Å²) in [4.78, 5) is 29.6. The normalized spacial score (nSPS) is 30.8. The number of nitrogens with zero attached hydrogens (tertiary/aromatic N) is 3. The molecule has 1 aromatic carbocycles. The van der Waals surface area contributed by atoms with E-state index in [1.165, 1.54) is 12.1 Å². The van der Waals surface area contributed by atoms with Crippen molar-refractivity contribution in [2.24, 2.45) is 5.92 Å². The number of morpholine rings is 1. The number of aliphatic hydroxyl groups is 1. The molecule has 12 heteroatoms. The number of ether oxygens (including phenoxy) is 2.